The van der Waals surface area contributed by atoms with Crippen LogP contribution in [0, 0.1) is 22.7 Å². The highest BCUT2D eigenvalue weighted by molar-refractivity contribution is 6.24. The molecule has 8 nitrogen and oxygen atoms in total. The molecule has 0 amide bonds. The summed E-state index contributed by atoms with van der Waals surface area (Å²) in [5.41, 5.74) is 16.3. The standard InChI is InChI=1S/C39H25N3.C35H23N3.C32H18N2/c1-3-14-27(15-4-1)37-40-38(28-16-5-2-6-17-28)42-39(41-37)36-33-21-11-9-19-31(33)35(32-20-10-12-22-34(32)36)30-24-23-26-13-7-8-18-29(26)25-30;1-4-14-24(15-5-1)31-27-20-10-12-22-29(27)32(30-23-13-11-21-28(30)31)35-37-33(25-16-6-2-7-17-25)36-34(38-35)26-18-8-3-9-19-26;33-19-21-11-15-28-29(16-21)31(24-7-2-1-3-8-24)27-14-10-22(20-34)17-30(27)32(28)26-13-12-23-6-4-5-9-25(23)18-26/h1-25H;1-23H;1-18H. The highest BCUT2D eigenvalue weighted by Gasteiger charge is 2.25. The van der Waals surface area contributed by atoms with Crippen molar-refractivity contribution in [2.45, 2.75) is 0 Å². The van der Waals surface area contributed by atoms with E-state index in [1.807, 2.05) is 188 Å². The average Bonchev–Trinajstić information content (AvgIpc) is 0.744. The lowest BCUT2D eigenvalue weighted by Crippen LogP contribution is -2.01. The van der Waals surface area contributed by atoms with Crippen molar-refractivity contribution in [1.29, 1.82) is 10.5 Å². The maximum atomic E-state index is 9.68. The minimum absolute atomic E-state index is 0.626. The molecule has 0 aliphatic rings. The molecule has 19 aromatic carbocycles. The number of rotatable bonds is 10. The van der Waals surface area contributed by atoms with Gasteiger partial charge in [0, 0.05) is 33.4 Å². The SMILES string of the molecule is N#Cc1ccc2c(-c3ccc4ccccc4c3)c3cc(C#N)ccc3c(-c3ccccc3)c2c1.c1ccc(-c2nc(-c3ccccc3)nc(-c3c4ccccc4c(-c4ccc5ccccc5c4)c4ccccc34)n2)cc1.c1ccc(-c2nc(-c3ccccc3)nc(-c3c4ccccc4c(-c4ccccc4)c4ccccc34)n2)cc1. The van der Waals surface area contributed by atoms with Crippen molar-refractivity contribution >= 4 is 86.2 Å². The first-order valence-electron chi connectivity index (χ1n) is 38.0. The molecule has 8 heteroatoms. The normalized spacial score (nSPS) is 11.1. The lowest BCUT2D eigenvalue weighted by Gasteiger charge is -2.18. The van der Waals surface area contributed by atoms with Gasteiger partial charge in [-0.25, -0.2) is 29.9 Å². The second-order valence-electron chi connectivity index (χ2n) is 28.1. The molecule has 0 N–H and O–H groups in total. The fourth-order valence-corrected chi connectivity index (χ4v) is 16.1. The van der Waals surface area contributed by atoms with Crippen molar-refractivity contribution in [2.75, 3.05) is 0 Å². The van der Waals surface area contributed by atoms with Gasteiger partial charge in [0.05, 0.1) is 23.3 Å². The molecule has 0 aliphatic carbocycles. The van der Waals surface area contributed by atoms with Crippen molar-refractivity contribution in [3.8, 4) is 125 Å². The zero-order valence-corrected chi connectivity index (χ0v) is 61.7. The van der Waals surface area contributed by atoms with Crippen molar-refractivity contribution < 1.29 is 0 Å². The third-order valence-corrected chi connectivity index (χ3v) is 21.3. The summed E-state index contributed by atoms with van der Waals surface area (Å²) in [6.45, 7) is 0. The van der Waals surface area contributed by atoms with Crippen LogP contribution in [0.15, 0.2) is 400 Å². The van der Waals surface area contributed by atoms with Gasteiger partial charge in [-0.1, -0.05) is 364 Å². The fourth-order valence-electron chi connectivity index (χ4n) is 16.1. The monoisotopic (exact) mass is 1450 g/mol. The van der Waals surface area contributed by atoms with Gasteiger partial charge in [-0.3, -0.25) is 0 Å². The summed E-state index contributed by atoms with van der Waals surface area (Å²) in [5, 5.41) is 37.5. The summed E-state index contributed by atoms with van der Waals surface area (Å²) in [5.74, 6) is 3.98. The molecule has 0 fully saturated rings. The Balaban J connectivity index is 0.000000115. The fraction of sp³-hybridized carbons (Fsp3) is 0. The van der Waals surface area contributed by atoms with Crippen LogP contribution < -0.4 is 0 Å². The molecule has 0 spiro atoms. The molecule has 21 rings (SSSR count). The lowest BCUT2D eigenvalue weighted by molar-refractivity contribution is 1.08. The van der Waals surface area contributed by atoms with Gasteiger partial charge in [-0.15, -0.1) is 0 Å². The number of nitriles is 2. The third-order valence-electron chi connectivity index (χ3n) is 21.3. The zero-order chi connectivity index (χ0) is 76.3. The molecule has 530 valence electrons. The lowest BCUT2D eigenvalue weighted by atomic mass is 9.84. The van der Waals surface area contributed by atoms with Crippen molar-refractivity contribution in [3.05, 3.63) is 412 Å². The van der Waals surface area contributed by atoms with Crippen LogP contribution in [-0.2, 0) is 0 Å². The Morgan fingerprint density at radius 2 is 0.368 bits per heavy atom. The van der Waals surface area contributed by atoms with E-state index in [0.717, 1.165) is 98.7 Å². The van der Waals surface area contributed by atoms with E-state index in [4.69, 9.17) is 29.9 Å². The van der Waals surface area contributed by atoms with E-state index in [2.05, 4.69) is 224 Å². The predicted octanol–water partition coefficient (Wildman–Crippen LogP) is 27.1. The maximum Gasteiger partial charge on any atom is 0.165 e. The Hall–Kier alpha value is -15.7. The molecule has 0 bridgehead atoms. The van der Waals surface area contributed by atoms with E-state index in [-0.39, 0.29) is 0 Å². The highest BCUT2D eigenvalue weighted by Crippen LogP contribution is 2.48. The van der Waals surface area contributed by atoms with E-state index in [0.29, 0.717) is 46.1 Å². The number of hydrogen-bond donors (Lipinski definition) is 0. The summed E-state index contributed by atoms with van der Waals surface area (Å²) < 4.78 is 0. The zero-order valence-electron chi connectivity index (χ0n) is 61.7. The first-order chi connectivity index (χ1) is 56.5. The van der Waals surface area contributed by atoms with Crippen LogP contribution in [0.5, 0.6) is 0 Å². The first-order valence-corrected chi connectivity index (χ1v) is 38.0. The van der Waals surface area contributed by atoms with Crippen LogP contribution in [0.2, 0.25) is 0 Å². The molecule has 0 saturated heterocycles. The summed E-state index contributed by atoms with van der Waals surface area (Å²) >= 11 is 0. The van der Waals surface area contributed by atoms with E-state index < -0.39 is 0 Å². The van der Waals surface area contributed by atoms with Crippen LogP contribution in [0.1, 0.15) is 11.1 Å². The molecular weight excluding hydrogens is 1390 g/mol. The van der Waals surface area contributed by atoms with Crippen molar-refractivity contribution in [2.24, 2.45) is 0 Å². The Morgan fingerprint density at radius 3 is 0.667 bits per heavy atom. The number of hydrogen-bond acceptors (Lipinski definition) is 8. The van der Waals surface area contributed by atoms with Gasteiger partial charge in [-0.2, -0.15) is 10.5 Å². The first kappa shape index (κ1) is 68.8. The molecule has 0 unspecified atom stereocenters. The number of nitrogens with zero attached hydrogens (tertiary/aromatic N) is 8. The summed E-state index contributed by atoms with van der Waals surface area (Å²) in [4.78, 5) is 30.2. The van der Waals surface area contributed by atoms with Crippen molar-refractivity contribution in [3.63, 3.8) is 0 Å². The molecule has 21 aromatic rings. The largest absolute Gasteiger partial charge is 0.208 e. The molecule has 0 radical (unpaired) electrons. The van der Waals surface area contributed by atoms with Crippen LogP contribution in [0.4, 0.5) is 0 Å². The van der Waals surface area contributed by atoms with Crippen LogP contribution in [0.25, 0.3) is 199 Å². The van der Waals surface area contributed by atoms with Crippen molar-refractivity contribution in [1.82, 2.24) is 29.9 Å². The average molecular weight is 1450 g/mol. The maximum absolute atomic E-state index is 9.68. The van der Waals surface area contributed by atoms with Gasteiger partial charge in [-0.05, 0) is 167 Å². The molecule has 114 heavy (non-hydrogen) atoms. The Bertz CT molecular complexity index is 7120. The Kier molecular flexibility index (Phi) is 18.3. The molecule has 0 aliphatic heterocycles. The second-order valence-corrected chi connectivity index (χ2v) is 28.1. The van der Waals surface area contributed by atoms with Crippen LogP contribution >= 0.6 is 0 Å². The predicted molar refractivity (Wildman–Crippen MR) is 470 cm³/mol. The minimum Gasteiger partial charge on any atom is -0.208 e. The summed E-state index contributed by atoms with van der Waals surface area (Å²) in [6, 6.07) is 142. The van der Waals surface area contributed by atoms with Crippen LogP contribution in [-0.4, -0.2) is 29.9 Å². The van der Waals surface area contributed by atoms with Gasteiger partial charge in [0.15, 0.2) is 34.9 Å². The topological polar surface area (TPSA) is 125 Å². The second kappa shape index (κ2) is 30.4. The van der Waals surface area contributed by atoms with Gasteiger partial charge in [0.25, 0.3) is 0 Å². The van der Waals surface area contributed by atoms with E-state index in [9.17, 15) is 10.5 Å². The van der Waals surface area contributed by atoms with E-state index in [1.165, 1.54) is 65.3 Å². The Morgan fingerprint density at radius 1 is 0.149 bits per heavy atom. The van der Waals surface area contributed by atoms with Crippen LogP contribution in [0.3, 0.4) is 0 Å². The van der Waals surface area contributed by atoms with E-state index in [1.54, 1.807) is 0 Å². The van der Waals surface area contributed by atoms with E-state index >= 15 is 0 Å². The van der Waals surface area contributed by atoms with Gasteiger partial charge >= 0.3 is 0 Å². The summed E-state index contributed by atoms with van der Waals surface area (Å²) in [7, 11) is 0. The molecule has 2 aromatic heterocycles. The van der Waals surface area contributed by atoms with Gasteiger partial charge < -0.3 is 0 Å². The number of aromatic nitrogens is 6. The Labute approximate surface area is 658 Å². The minimum atomic E-state index is 0.626. The number of fused-ring (bicyclic) bond motifs is 8. The molecular formula is C106H66N8. The van der Waals surface area contributed by atoms with Gasteiger partial charge in [0.1, 0.15) is 0 Å². The molecule has 0 atom stereocenters. The van der Waals surface area contributed by atoms with Gasteiger partial charge in [0.2, 0.25) is 0 Å². The third kappa shape index (κ3) is 13.1. The summed E-state index contributed by atoms with van der Waals surface area (Å²) in [6.07, 6.45) is 0. The highest BCUT2D eigenvalue weighted by atomic mass is 15.0. The quantitative estimate of drug-likeness (QED) is 0.124. The smallest absolute Gasteiger partial charge is 0.165 e. The molecule has 0 saturated carbocycles. The molecule has 2 heterocycles. The number of benzene rings is 19.